The van der Waals surface area contributed by atoms with Crippen LogP contribution in [0.25, 0.3) is 16.7 Å². The molecule has 268 valence electrons. The van der Waals surface area contributed by atoms with Crippen LogP contribution >= 0.6 is 11.6 Å². The van der Waals surface area contributed by atoms with Gasteiger partial charge in [-0.1, -0.05) is 87.0 Å². The molecule has 0 heterocycles. The summed E-state index contributed by atoms with van der Waals surface area (Å²) in [4.78, 5) is 26.6. The Morgan fingerprint density at radius 1 is 0.941 bits per heavy atom. The molecule has 0 bridgehead atoms. The summed E-state index contributed by atoms with van der Waals surface area (Å²) < 4.78 is 21.0. The lowest BCUT2D eigenvalue weighted by Gasteiger charge is -2.27. The highest BCUT2D eigenvalue weighted by Crippen LogP contribution is 2.56. The lowest BCUT2D eigenvalue weighted by Crippen LogP contribution is -2.24. The molecule has 1 unspecified atom stereocenters. The van der Waals surface area contributed by atoms with Gasteiger partial charge in [0, 0.05) is 5.02 Å². The van der Waals surface area contributed by atoms with Crippen LogP contribution in [0.2, 0.25) is 5.02 Å². The summed E-state index contributed by atoms with van der Waals surface area (Å²) in [7, 11) is 0. The first-order chi connectivity index (χ1) is 24.3. The van der Waals surface area contributed by atoms with E-state index >= 15 is 4.39 Å². The number of anilines is 1. The van der Waals surface area contributed by atoms with E-state index in [2.05, 4.69) is 30.4 Å². The predicted octanol–water partition coefficient (Wildman–Crippen LogP) is 12.4. The Kier molecular flexibility index (Phi) is 11.9. The molecule has 4 aromatic rings. The van der Waals surface area contributed by atoms with Gasteiger partial charge < -0.3 is 10.1 Å². The fraction of sp³-hybridized carbons (Fsp3) is 0.378. The molecule has 0 spiro atoms. The average molecular weight is 708 g/mol. The smallest absolute Gasteiger partial charge is 0.338 e. The van der Waals surface area contributed by atoms with E-state index < -0.39 is 23.3 Å². The van der Waals surface area contributed by atoms with E-state index in [1.807, 2.05) is 77.9 Å². The maximum atomic E-state index is 15.5. The number of hydrogen-bond donors (Lipinski definition) is 1. The topological polar surface area (TPSA) is 55.4 Å². The molecule has 51 heavy (non-hydrogen) atoms. The number of nitrogens with one attached hydrogen (secondary N) is 1. The number of carbonyl (C=O) groups excluding carboxylic acids is 2. The maximum Gasteiger partial charge on any atom is 0.338 e. The summed E-state index contributed by atoms with van der Waals surface area (Å²) in [6.07, 6.45) is 8.87. The Bertz CT molecular complexity index is 1880. The average Bonchev–Trinajstić information content (AvgIpc) is 3.87. The minimum atomic E-state index is -0.600. The van der Waals surface area contributed by atoms with Crippen molar-refractivity contribution in [3.05, 3.63) is 130 Å². The first-order valence-corrected chi connectivity index (χ1v) is 18.6. The van der Waals surface area contributed by atoms with Crippen LogP contribution < -0.4 is 5.32 Å². The molecule has 0 aromatic heterocycles. The lowest BCUT2D eigenvalue weighted by atomic mass is 9.78. The molecule has 6 heteroatoms. The van der Waals surface area contributed by atoms with Crippen molar-refractivity contribution in [2.24, 2.45) is 11.3 Å². The van der Waals surface area contributed by atoms with Gasteiger partial charge in [0.25, 0.3) is 0 Å². The zero-order valence-electron chi connectivity index (χ0n) is 31.0. The van der Waals surface area contributed by atoms with Crippen LogP contribution in [0.5, 0.6) is 0 Å². The second-order valence-electron chi connectivity index (χ2n) is 15.1. The molecule has 1 amide bonds. The minimum Gasteiger partial charge on any atom is -0.456 e. The van der Waals surface area contributed by atoms with E-state index in [1.54, 1.807) is 30.3 Å². The Morgan fingerprint density at radius 3 is 2.18 bits per heavy atom. The Balaban J connectivity index is 0.00000248. The van der Waals surface area contributed by atoms with E-state index in [0.29, 0.717) is 28.0 Å². The van der Waals surface area contributed by atoms with E-state index in [4.69, 9.17) is 16.3 Å². The number of hydrogen-bond acceptors (Lipinski definition) is 3. The summed E-state index contributed by atoms with van der Waals surface area (Å²) in [5.41, 5.74) is 7.28. The van der Waals surface area contributed by atoms with Gasteiger partial charge in [0.1, 0.15) is 11.4 Å². The number of aryl methyl sites for hydroxylation is 1. The van der Waals surface area contributed by atoms with E-state index in [0.717, 1.165) is 41.0 Å². The van der Waals surface area contributed by atoms with Gasteiger partial charge in [-0.05, 0) is 153 Å². The Labute approximate surface area is 308 Å². The van der Waals surface area contributed by atoms with Gasteiger partial charge in [-0.15, -0.1) is 0 Å². The van der Waals surface area contributed by atoms with Crippen LogP contribution in [0.4, 0.5) is 10.1 Å². The fourth-order valence-corrected chi connectivity index (χ4v) is 7.16. The quantitative estimate of drug-likeness (QED) is 0.176. The lowest BCUT2D eigenvalue weighted by molar-refractivity contribution is -0.117. The molecule has 4 nitrogen and oxygen atoms in total. The van der Waals surface area contributed by atoms with Gasteiger partial charge in [0.05, 0.1) is 17.2 Å². The van der Waals surface area contributed by atoms with Crippen LogP contribution in [-0.2, 0) is 16.0 Å². The van der Waals surface area contributed by atoms with Crippen molar-refractivity contribution in [2.75, 3.05) is 5.32 Å². The molecule has 1 fully saturated rings. The monoisotopic (exact) mass is 707 g/mol. The molecule has 2 aliphatic carbocycles. The first kappa shape index (κ1) is 38.0. The number of esters is 1. The molecule has 0 saturated heterocycles. The van der Waals surface area contributed by atoms with Crippen molar-refractivity contribution in [3.8, 4) is 11.1 Å². The van der Waals surface area contributed by atoms with Crippen molar-refractivity contribution in [3.63, 3.8) is 0 Å². The van der Waals surface area contributed by atoms with E-state index in [9.17, 15) is 9.59 Å². The van der Waals surface area contributed by atoms with Crippen molar-refractivity contribution in [1.82, 2.24) is 0 Å². The fourth-order valence-electron chi connectivity index (χ4n) is 6.93. The summed E-state index contributed by atoms with van der Waals surface area (Å²) in [6, 6.07) is 25.8. The number of carbonyl (C=O) groups is 2. The number of benzene rings is 4. The third kappa shape index (κ3) is 9.56. The normalized spacial score (nSPS) is 17.0. The number of halogens is 2. The van der Waals surface area contributed by atoms with Gasteiger partial charge in [-0.2, -0.15) is 0 Å². The van der Waals surface area contributed by atoms with Gasteiger partial charge in [-0.25, -0.2) is 9.18 Å². The molecular formula is C45H51ClFNO3. The van der Waals surface area contributed by atoms with Crippen LogP contribution in [0.1, 0.15) is 112 Å². The molecule has 2 aliphatic rings. The minimum absolute atomic E-state index is 0.119. The van der Waals surface area contributed by atoms with Gasteiger partial charge >= 0.3 is 5.97 Å². The van der Waals surface area contributed by atoms with Gasteiger partial charge in [0.15, 0.2) is 0 Å². The SMILES string of the molecule is CC.Cc1cc(Cl)ccc1-c1ccc(NC(=O)[C@H](Cc2ccc(C(=O)OC(C)(C)C)cc2)c2ccc(C3=CCC(C4(C)CC4)CC3)cc2)c(F)c1. The maximum absolute atomic E-state index is 15.5. The van der Waals surface area contributed by atoms with Crippen molar-refractivity contribution in [1.29, 1.82) is 0 Å². The Morgan fingerprint density at radius 2 is 1.61 bits per heavy atom. The molecule has 2 atom stereocenters. The molecule has 0 aliphatic heterocycles. The molecule has 1 N–H and O–H groups in total. The summed E-state index contributed by atoms with van der Waals surface area (Å²) in [6.45, 7) is 13.8. The number of ether oxygens (including phenoxy) is 1. The summed E-state index contributed by atoms with van der Waals surface area (Å²) in [5, 5.41) is 3.49. The van der Waals surface area contributed by atoms with Crippen LogP contribution in [-0.4, -0.2) is 17.5 Å². The van der Waals surface area contributed by atoms with Crippen LogP contribution in [0, 0.1) is 24.1 Å². The third-order valence-electron chi connectivity index (χ3n) is 10.2. The van der Waals surface area contributed by atoms with Crippen molar-refractivity contribution in [2.45, 2.75) is 98.5 Å². The van der Waals surface area contributed by atoms with Crippen LogP contribution in [0.3, 0.4) is 0 Å². The highest BCUT2D eigenvalue weighted by atomic mass is 35.5. The van der Waals surface area contributed by atoms with E-state index in [-0.39, 0.29) is 11.6 Å². The van der Waals surface area contributed by atoms with Crippen LogP contribution in [0.15, 0.2) is 91.0 Å². The van der Waals surface area contributed by atoms with Gasteiger partial charge in [-0.3, -0.25) is 4.79 Å². The second-order valence-corrected chi connectivity index (χ2v) is 15.5. The highest BCUT2D eigenvalue weighted by molar-refractivity contribution is 6.30. The van der Waals surface area contributed by atoms with Gasteiger partial charge in [0.2, 0.25) is 5.91 Å². The number of allylic oxidation sites excluding steroid dienone is 2. The first-order valence-electron chi connectivity index (χ1n) is 18.3. The molecule has 4 aromatic carbocycles. The second kappa shape index (κ2) is 16.0. The third-order valence-corrected chi connectivity index (χ3v) is 10.4. The standard InChI is InChI=1S/C43H45ClFNO3.C2H6/c1-27-24-35(44)19-20-36(27)33-16-21-39(38(45)26-33)46-40(47)37(25-28-6-8-32(9-7-28)41(48)49-42(2,3)4)31-12-10-29(11-13-31)30-14-17-34(18-15-30)43(5)22-23-43;1-2/h6-14,16,19-21,24,26,34,37H,15,17-18,22-23,25H2,1-5H3,(H,46,47);1-2H3/t34?,37-;/m1./s1. The zero-order chi connectivity index (χ0) is 36.9. The zero-order valence-corrected chi connectivity index (χ0v) is 31.8. The largest absolute Gasteiger partial charge is 0.456 e. The Hall–Kier alpha value is -4.22. The molecular weight excluding hydrogens is 657 g/mol. The molecule has 1 saturated carbocycles. The summed E-state index contributed by atoms with van der Waals surface area (Å²) >= 11 is 6.13. The van der Waals surface area contributed by atoms with Crippen molar-refractivity contribution < 1.29 is 18.7 Å². The van der Waals surface area contributed by atoms with Crippen molar-refractivity contribution >= 4 is 34.7 Å². The van der Waals surface area contributed by atoms with E-state index in [1.165, 1.54) is 36.5 Å². The predicted molar refractivity (Wildman–Crippen MR) is 209 cm³/mol. The molecule has 6 rings (SSSR count). The number of rotatable bonds is 9. The summed E-state index contributed by atoms with van der Waals surface area (Å²) in [5.74, 6) is -1.05. The molecule has 0 radical (unpaired) electrons. The number of amides is 1. The highest BCUT2D eigenvalue weighted by Gasteiger charge is 2.44.